The number of hydrogen-bond acceptors (Lipinski definition) is 2. The van der Waals surface area contributed by atoms with Crippen molar-refractivity contribution in [1.29, 1.82) is 0 Å². The Hall–Kier alpha value is -1.61. The highest BCUT2D eigenvalue weighted by atomic mass is 15.1. The summed E-state index contributed by atoms with van der Waals surface area (Å²) in [5, 5.41) is 0. The zero-order valence-corrected chi connectivity index (χ0v) is 10.4. The molecule has 3 nitrogen and oxygen atoms in total. The Bertz CT molecular complexity index is 486. The standard InChI is InChI=1S/C14H19N3/c1-11-5-3-4-6-13(11)7-8-17-10-16-9-14(17)12(2)15/h3-6,9-10,12H,7-8,15H2,1-2H3/t12-/m0/s1. The van der Waals surface area contributed by atoms with Gasteiger partial charge in [-0.2, -0.15) is 0 Å². The summed E-state index contributed by atoms with van der Waals surface area (Å²) in [5.74, 6) is 0. The van der Waals surface area contributed by atoms with E-state index < -0.39 is 0 Å². The summed E-state index contributed by atoms with van der Waals surface area (Å²) in [6, 6.07) is 8.52. The van der Waals surface area contributed by atoms with Gasteiger partial charge in [0.15, 0.2) is 0 Å². The van der Waals surface area contributed by atoms with Gasteiger partial charge < -0.3 is 10.3 Å². The molecule has 0 saturated carbocycles. The van der Waals surface area contributed by atoms with Crippen LogP contribution in [0.2, 0.25) is 0 Å². The maximum atomic E-state index is 5.90. The molecule has 2 aromatic rings. The van der Waals surface area contributed by atoms with E-state index in [-0.39, 0.29) is 6.04 Å². The monoisotopic (exact) mass is 229 g/mol. The number of imidazole rings is 1. The summed E-state index contributed by atoms with van der Waals surface area (Å²) < 4.78 is 2.14. The van der Waals surface area contributed by atoms with Gasteiger partial charge in [0.2, 0.25) is 0 Å². The molecule has 0 fully saturated rings. The number of aryl methyl sites for hydroxylation is 3. The normalized spacial score (nSPS) is 12.6. The molecule has 1 aromatic carbocycles. The Morgan fingerprint density at radius 1 is 1.35 bits per heavy atom. The zero-order valence-electron chi connectivity index (χ0n) is 10.4. The highest BCUT2D eigenvalue weighted by molar-refractivity contribution is 5.25. The molecule has 90 valence electrons. The summed E-state index contributed by atoms with van der Waals surface area (Å²) in [6.45, 7) is 5.07. The van der Waals surface area contributed by atoms with Gasteiger partial charge in [-0.3, -0.25) is 0 Å². The number of rotatable bonds is 4. The van der Waals surface area contributed by atoms with Crippen LogP contribution in [0.4, 0.5) is 0 Å². The van der Waals surface area contributed by atoms with Gasteiger partial charge in [-0.05, 0) is 31.4 Å². The predicted octanol–water partition coefficient (Wildman–Crippen LogP) is 2.45. The van der Waals surface area contributed by atoms with E-state index in [9.17, 15) is 0 Å². The maximum Gasteiger partial charge on any atom is 0.0948 e. The molecular weight excluding hydrogens is 210 g/mol. The second kappa shape index (κ2) is 5.15. The largest absolute Gasteiger partial charge is 0.333 e. The average molecular weight is 229 g/mol. The van der Waals surface area contributed by atoms with Gasteiger partial charge in [-0.1, -0.05) is 24.3 Å². The van der Waals surface area contributed by atoms with Crippen molar-refractivity contribution in [2.45, 2.75) is 32.9 Å². The SMILES string of the molecule is Cc1ccccc1CCn1cncc1[C@H](C)N. The van der Waals surface area contributed by atoms with Crippen LogP contribution in [0.15, 0.2) is 36.8 Å². The minimum Gasteiger partial charge on any atom is -0.333 e. The van der Waals surface area contributed by atoms with Crippen molar-refractivity contribution >= 4 is 0 Å². The number of nitrogens with zero attached hydrogens (tertiary/aromatic N) is 2. The van der Waals surface area contributed by atoms with E-state index in [0.717, 1.165) is 18.7 Å². The molecule has 2 N–H and O–H groups in total. The topological polar surface area (TPSA) is 43.8 Å². The molecule has 17 heavy (non-hydrogen) atoms. The summed E-state index contributed by atoms with van der Waals surface area (Å²) in [5.41, 5.74) is 9.72. The average Bonchev–Trinajstić information content (AvgIpc) is 2.76. The van der Waals surface area contributed by atoms with Crippen molar-refractivity contribution in [3.8, 4) is 0 Å². The Morgan fingerprint density at radius 2 is 2.12 bits per heavy atom. The van der Waals surface area contributed by atoms with Crippen LogP contribution in [-0.4, -0.2) is 9.55 Å². The molecule has 1 atom stereocenters. The van der Waals surface area contributed by atoms with E-state index in [1.807, 2.05) is 19.4 Å². The molecule has 2 rings (SSSR count). The summed E-state index contributed by atoms with van der Waals surface area (Å²) >= 11 is 0. The van der Waals surface area contributed by atoms with Crippen molar-refractivity contribution in [2.75, 3.05) is 0 Å². The molecule has 0 amide bonds. The fourth-order valence-corrected chi connectivity index (χ4v) is 2.03. The van der Waals surface area contributed by atoms with E-state index in [2.05, 4.69) is 40.7 Å². The molecule has 0 bridgehead atoms. The first-order valence-corrected chi connectivity index (χ1v) is 5.98. The van der Waals surface area contributed by atoms with E-state index in [4.69, 9.17) is 5.73 Å². The van der Waals surface area contributed by atoms with Crippen LogP contribution in [0.25, 0.3) is 0 Å². The third-order valence-electron chi connectivity index (χ3n) is 3.09. The molecule has 1 aromatic heterocycles. The van der Waals surface area contributed by atoms with Gasteiger partial charge in [0.1, 0.15) is 0 Å². The van der Waals surface area contributed by atoms with Gasteiger partial charge in [0.05, 0.1) is 12.0 Å². The van der Waals surface area contributed by atoms with E-state index in [1.165, 1.54) is 11.1 Å². The summed E-state index contributed by atoms with van der Waals surface area (Å²) in [4.78, 5) is 4.16. The lowest BCUT2D eigenvalue weighted by atomic mass is 10.1. The minimum atomic E-state index is 0.0365. The van der Waals surface area contributed by atoms with Crippen LogP contribution in [0, 0.1) is 6.92 Å². The Morgan fingerprint density at radius 3 is 2.82 bits per heavy atom. The molecule has 0 spiro atoms. The fourth-order valence-electron chi connectivity index (χ4n) is 2.03. The molecule has 0 unspecified atom stereocenters. The highest BCUT2D eigenvalue weighted by Crippen LogP contribution is 2.12. The van der Waals surface area contributed by atoms with Gasteiger partial charge in [0, 0.05) is 18.8 Å². The van der Waals surface area contributed by atoms with Crippen molar-refractivity contribution in [1.82, 2.24) is 9.55 Å². The third-order valence-corrected chi connectivity index (χ3v) is 3.09. The first kappa shape index (κ1) is 11.9. The Balaban J connectivity index is 2.08. The second-order valence-corrected chi connectivity index (χ2v) is 4.48. The van der Waals surface area contributed by atoms with Gasteiger partial charge in [-0.25, -0.2) is 4.98 Å². The van der Waals surface area contributed by atoms with Crippen LogP contribution in [0.5, 0.6) is 0 Å². The van der Waals surface area contributed by atoms with Gasteiger partial charge in [0.25, 0.3) is 0 Å². The lowest BCUT2D eigenvalue weighted by Crippen LogP contribution is -2.13. The molecule has 0 radical (unpaired) electrons. The first-order chi connectivity index (χ1) is 8.18. The van der Waals surface area contributed by atoms with Crippen molar-refractivity contribution in [3.63, 3.8) is 0 Å². The van der Waals surface area contributed by atoms with E-state index >= 15 is 0 Å². The third kappa shape index (κ3) is 2.74. The van der Waals surface area contributed by atoms with Crippen molar-refractivity contribution in [3.05, 3.63) is 53.6 Å². The number of hydrogen-bond donors (Lipinski definition) is 1. The smallest absolute Gasteiger partial charge is 0.0948 e. The van der Waals surface area contributed by atoms with Crippen LogP contribution in [0.1, 0.15) is 29.8 Å². The molecule has 1 heterocycles. The second-order valence-electron chi connectivity index (χ2n) is 4.48. The Kier molecular flexibility index (Phi) is 3.59. The van der Waals surface area contributed by atoms with Crippen molar-refractivity contribution < 1.29 is 0 Å². The number of aromatic nitrogens is 2. The summed E-state index contributed by atoms with van der Waals surface area (Å²) in [6.07, 6.45) is 4.72. The molecule has 0 aliphatic rings. The van der Waals surface area contributed by atoms with Crippen LogP contribution < -0.4 is 5.73 Å². The predicted molar refractivity (Wildman–Crippen MR) is 69.7 cm³/mol. The molecule has 0 aliphatic carbocycles. The maximum absolute atomic E-state index is 5.90. The zero-order chi connectivity index (χ0) is 12.3. The van der Waals surface area contributed by atoms with Gasteiger partial charge >= 0.3 is 0 Å². The van der Waals surface area contributed by atoms with E-state index in [1.54, 1.807) is 0 Å². The van der Waals surface area contributed by atoms with Crippen LogP contribution >= 0.6 is 0 Å². The molecule has 0 saturated heterocycles. The van der Waals surface area contributed by atoms with Crippen LogP contribution in [-0.2, 0) is 13.0 Å². The van der Waals surface area contributed by atoms with Crippen molar-refractivity contribution in [2.24, 2.45) is 5.73 Å². The van der Waals surface area contributed by atoms with Crippen LogP contribution in [0.3, 0.4) is 0 Å². The van der Waals surface area contributed by atoms with E-state index in [0.29, 0.717) is 0 Å². The minimum absolute atomic E-state index is 0.0365. The Labute approximate surface area is 102 Å². The molecule has 3 heteroatoms. The number of benzene rings is 1. The molecular formula is C14H19N3. The lowest BCUT2D eigenvalue weighted by Gasteiger charge is -2.11. The molecule has 0 aliphatic heterocycles. The quantitative estimate of drug-likeness (QED) is 0.875. The fraction of sp³-hybridized carbons (Fsp3) is 0.357. The highest BCUT2D eigenvalue weighted by Gasteiger charge is 2.06. The lowest BCUT2D eigenvalue weighted by molar-refractivity contribution is 0.623. The van der Waals surface area contributed by atoms with Gasteiger partial charge in [-0.15, -0.1) is 0 Å². The number of nitrogens with two attached hydrogens (primary N) is 1. The summed E-state index contributed by atoms with van der Waals surface area (Å²) in [7, 11) is 0. The first-order valence-electron chi connectivity index (χ1n) is 5.98.